The molecule has 0 fully saturated rings. The molecule has 2 aromatic carbocycles. The van der Waals surface area contributed by atoms with E-state index in [1.807, 2.05) is 18.2 Å². The molecule has 108 valence electrons. The monoisotopic (exact) mass is 310 g/mol. The van der Waals surface area contributed by atoms with Crippen LogP contribution in [0.1, 0.15) is 0 Å². The Morgan fingerprint density at radius 1 is 1.09 bits per heavy atom. The number of anilines is 1. The lowest BCUT2D eigenvalue weighted by molar-refractivity contribution is 1.31. The number of nitrogen functional groups attached to an aromatic ring is 1. The highest BCUT2D eigenvalue weighted by Crippen LogP contribution is 2.33. The predicted octanol–water partition coefficient (Wildman–Crippen LogP) is 3.31. The fourth-order valence-corrected chi connectivity index (χ4v) is 2.85. The second kappa shape index (κ2) is 4.61. The number of aromatic nitrogens is 3. The smallest absolute Gasteiger partial charge is 0.272 e. The van der Waals surface area contributed by atoms with E-state index in [-0.39, 0.29) is 11.2 Å². The van der Waals surface area contributed by atoms with Crippen molar-refractivity contribution in [2.75, 3.05) is 5.73 Å². The fourth-order valence-electron chi connectivity index (χ4n) is 2.68. The maximum atomic E-state index is 12.1. The summed E-state index contributed by atoms with van der Waals surface area (Å²) in [5, 5.41) is 1.39. The van der Waals surface area contributed by atoms with Gasteiger partial charge in [0.15, 0.2) is 0 Å². The second-order valence-corrected chi connectivity index (χ2v) is 5.50. The third-order valence-corrected chi connectivity index (χ3v) is 3.96. The highest BCUT2D eigenvalue weighted by molar-refractivity contribution is 6.31. The molecule has 5 nitrogen and oxygen atoms in total. The average molecular weight is 311 g/mol. The number of aromatic amines is 2. The molecule has 0 saturated carbocycles. The van der Waals surface area contributed by atoms with Gasteiger partial charge in [-0.2, -0.15) is 0 Å². The average Bonchev–Trinajstić information content (AvgIpc) is 2.96. The minimum absolute atomic E-state index is 0.175. The van der Waals surface area contributed by atoms with Crippen molar-refractivity contribution in [3.8, 4) is 11.1 Å². The summed E-state index contributed by atoms with van der Waals surface area (Å²) >= 11 is 6.10. The zero-order valence-electron chi connectivity index (χ0n) is 11.4. The van der Waals surface area contributed by atoms with E-state index < -0.39 is 0 Å². The number of halogens is 1. The summed E-state index contributed by atoms with van der Waals surface area (Å²) in [4.78, 5) is 22.1. The number of hydrogen-bond donors (Lipinski definition) is 3. The van der Waals surface area contributed by atoms with E-state index in [4.69, 9.17) is 17.3 Å². The van der Waals surface area contributed by atoms with Crippen molar-refractivity contribution in [1.29, 1.82) is 0 Å². The molecule has 22 heavy (non-hydrogen) atoms. The van der Waals surface area contributed by atoms with Crippen LogP contribution in [0.3, 0.4) is 0 Å². The SMILES string of the molecule is Nc1c(-c2ccc3nc[nH]c3c2)c2cc(Cl)ccc2[nH]c1=O. The van der Waals surface area contributed by atoms with Crippen LogP contribution in [0.2, 0.25) is 5.02 Å². The van der Waals surface area contributed by atoms with Gasteiger partial charge in [-0.05, 0) is 35.9 Å². The number of benzene rings is 2. The Kier molecular flexibility index (Phi) is 2.71. The normalized spacial score (nSPS) is 11.3. The lowest BCUT2D eigenvalue weighted by Gasteiger charge is -2.10. The zero-order valence-corrected chi connectivity index (χ0v) is 12.1. The molecule has 0 bridgehead atoms. The van der Waals surface area contributed by atoms with Crippen molar-refractivity contribution in [2.24, 2.45) is 0 Å². The molecular formula is C16H11ClN4O. The first kappa shape index (κ1) is 12.9. The largest absolute Gasteiger partial charge is 0.394 e. The van der Waals surface area contributed by atoms with Crippen LogP contribution in [0, 0.1) is 0 Å². The van der Waals surface area contributed by atoms with Crippen molar-refractivity contribution in [3.63, 3.8) is 0 Å². The van der Waals surface area contributed by atoms with Gasteiger partial charge in [-0.1, -0.05) is 17.7 Å². The number of nitrogens with zero attached hydrogens (tertiary/aromatic N) is 1. The van der Waals surface area contributed by atoms with Gasteiger partial charge in [-0.3, -0.25) is 4.79 Å². The maximum Gasteiger partial charge on any atom is 0.272 e. The van der Waals surface area contributed by atoms with Gasteiger partial charge >= 0.3 is 0 Å². The first-order chi connectivity index (χ1) is 10.6. The van der Waals surface area contributed by atoms with Gasteiger partial charge in [0, 0.05) is 21.5 Å². The first-order valence-electron chi connectivity index (χ1n) is 6.68. The Morgan fingerprint density at radius 3 is 2.82 bits per heavy atom. The van der Waals surface area contributed by atoms with E-state index >= 15 is 0 Å². The zero-order chi connectivity index (χ0) is 15.3. The molecule has 4 rings (SSSR count). The van der Waals surface area contributed by atoms with Crippen molar-refractivity contribution < 1.29 is 0 Å². The summed E-state index contributed by atoms with van der Waals surface area (Å²) in [5.41, 5.74) is 9.86. The maximum absolute atomic E-state index is 12.1. The number of fused-ring (bicyclic) bond motifs is 2. The molecule has 0 atom stereocenters. The van der Waals surface area contributed by atoms with E-state index in [0.717, 1.165) is 22.0 Å². The van der Waals surface area contributed by atoms with Gasteiger partial charge in [0.25, 0.3) is 5.56 Å². The third kappa shape index (κ3) is 1.87. The number of pyridine rings is 1. The molecule has 0 aliphatic heterocycles. The number of nitrogens with two attached hydrogens (primary N) is 1. The van der Waals surface area contributed by atoms with Crippen molar-refractivity contribution in [1.82, 2.24) is 15.0 Å². The summed E-state index contributed by atoms with van der Waals surface area (Å²) < 4.78 is 0. The van der Waals surface area contributed by atoms with Gasteiger partial charge in [-0.15, -0.1) is 0 Å². The molecule has 0 spiro atoms. The molecule has 6 heteroatoms. The lowest BCUT2D eigenvalue weighted by Crippen LogP contribution is -2.13. The topological polar surface area (TPSA) is 87.6 Å². The van der Waals surface area contributed by atoms with Crippen molar-refractivity contribution >= 4 is 39.2 Å². The Labute approximate surface area is 129 Å². The second-order valence-electron chi connectivity index (χ2n) is 5.07. The summed E-state index contributed by atoms with van der Waals surface area (Å²) in [5.74, 6) is 0. The minimum Gasteiger partial charge on any atom is -0.394 e. The lowest BCUT2D eigenvalue weighted by atomic mass is 9.99. The first-order valence-corrected chi connectivity index (χ1v) is 7.06. The van der Waals surface area contributed by atoms with Crippen LogP contribution in [0.15, 0.2) is 47.5 Å². The molecule has 2 aromatic heterocycles. The highest BCUT2D eigenvalue weighted by atomic mass is 35.5. The van der Waals surface area contributed by atoms with Gasteiger partial charge in [-0.25, -0.2) is 4.98 Å². The molecule has 0 saturated heterocycles. The Balaban J connectivity index is 2.13. The number of imidazole rings is 1. The quantitative estimate of drug-likeness (QED) is 0.504. The van der Waals surface area contributed by atoms with Crippen LogP contribution >= 0.6 is 11.6 Å². The number of nitrogens with one attached hydrogen (secondary N) is 2. The predicted molar refractivity (Wildman–Crippen MR) is 89.1 cm³/mol. The van der Waals surface area contributed by atoms with Crippen molar-refractivity contribution in [2.45, 2.75) is 0 Å². The van der Waals surface area contributed by atoms with E-state index in [1.54, 1.807) is 24.5 Å². The Morgan fingerprint density at radius 2 is 1.95 bits per heavy atom. The number of rotatable bonds is 1. The molecule has 0 radical (unpaired) electrons. The molecule has 0 amide bonds. The van der Waals surface area contributed by atoms with E-state index in [9.17, 15) is 4.79 Å². The molecule has 4 N–H and O–H groups in total. The van der Waals surface area contributed by atoms with E-state index in [2.05, 4.69) is 15.0 Å². The highest BCUT2D eigenvalue weighted by Gasteiger charge is 2.13. The summed E-state index contributed by atoms with van der Waals surface area (Å²) in [6, 6.07) is 11.0. The fraction of sp³-hybridized carbons (Fsp3) is 0. The Bertz CT molecular complexity index is 1080. The van der Waals surface area contributed by atoms with E-state index in [0.29, 0.717) is 16.1 Å². The van der Waals surface area contributed by atoms with Crippen LogP contribution in [0.5, 0.6) is 0 Å². The van der Waals surface area contributed by atoms with Gasteiger partial charge in [0.1, 0.15) is 5.69 Å². The van der Waals surface area contributed by atoms with Crippen LogP contribution in [-0.4, -0.2) is 15.0 Å². The molecular weight excluding hydrogens is 300 g/mol. The summed E-state index contributed by atoms with van der Waals surface area (Å²) in [6.45, 7) is 0. The summed E-state index contributed by atoms with van der Waals surface area (Å²) in [6.07, 6.45) is 1.63. The van der Waals surface area contributed by atoms with Crippen LogP contribution in [0.25, 0.3) is 33.1 Å². The van der Waals surface area contributed by atoms with E-state index in [1.165, 1.54) is 0 Å². The molecule has 4 aromatic rings. The summed E-state index contributed by atoms with van der Waals surface area (Å²) in [7, 11) is 0. The number of H-pyrrole nitrogens is 2. The molecule has 0 unspecified atom stereocenters. The van der Waals surface area contributed by atoms with Gasteiger partial charge in [0.2, 0.25) is 0 Å². The standard InChI is InChI=1S/C16H11ClN4O/c17-9-2-4-11-10(6-9)14(15(18)16(22)21-11)8-1-3-12-13(5-8)20-7-19-12/h1-7H,18H2,(H,19,20)(H,21,22). The van der Waals surface area contributed by atoms with Gasteiger partial charge < -0.3 is 15.7 Å². The van der Waals surface area contributed by atoms with Crippen molar-refractivity contribution in [3.05, 3.63) is 58.1 Å². The van der Waals surface area contributed by atoms with Gasteiger partial charge in [0.05, 0.1) is 17.4 Å². The minimum atomic E-state index is -0.311. The Hall–Kier alpha value is -2.79. The molecule has 0 aliphatic carbocycles. The molecule has 0 aliphatic rings. The van der Waals surface area contributed by atoms with Crippen LogP contribution < -0.4 is 11.3 Å². The third-order valence-electron chi connectivity index (χ3n) is 3.72. The molecule has 2 heterocycles. The number of hydrogen-bond acceptors (Lipinski definition) is 3. The van der Waals surface area contributed by atoms with Crippen LogP contribution in [-0.2, 0) is 0 Å². The van der Waals surface area contributed by atoms with Crippen LogP contribution in [0.4, 0.5) is 5.69 Å².